The van der Waals surface area contributed by atoms with Crippen molar-refractivity contribution in [3.05, 3.63) is 65.5 Å². The van der Waals surface area contributed by atoms with E-state index in [2.05, 4.69) is 60.5 Å². The van der Waals surface area contributed by atoms with Gasteiger partial charge in [-0.2, -0.15) is 0 Å². The first-order valence-electron chi connectivity index (χ1n) is 7.56. The fourth-order valence-corrected chi connectivity index (χ4v) is 2.60. The van der Waals surface area contributed by atoms with E-state index in [4.69, 9.17) is 0 Å². The Morgan fingerprint density at radius 1 is 1.05 bits per heavy atom. The summed E-state index contributed by atoms with van der Waals surface area (Å²) >= 11 is 0. The lowest BCUT2D eigenvalue weighted by molar-refractivity contribution is 0.500. The van der Waals surface area contributed by atoms with Crippen LogP contribution in [0.2, 0.25) is 0 Å². The van der Waals surface area contributed by atoms with Gasteiger partial charge in [-0.1, -0.05) is 50.2 Å². The molecule has 0 saturated carbocycles. The van der Waals surface area contributed by atoms with Gasteiger partial charge < -0.3 is 5.32 Å². The maximum atomic E-state index is 4.62. The number of aromatic nitrogens is 1. The van der Waals surface area contributed by atoms with Crippen LogP contribution in [0.25, 0.3) is 0 Å². The Labute approximate surface area is 122 Å². The Kier molecular flexibility index (Phi) is 5.75. The highest BCUT2D eigenvalue weighted by Crippen LogP contribution is 2.21. The van der Waals surface area contributed by atoms with E-state index in [1.54, 1.807) is 0 Å². The van der Waals surface area contributed by atoms with E-state index in [0.29, 0.717) is 6.04 Å². The molecule has 1 aromatic heterocycles. The maximum absolute atomic E-state index is 4.62. The third-order valence-electron chi connectivity index (χ3n) is 3.65. The van der Waals surface area contributed by atoms with E-state index < -0.39 is 0 Å². The molecule has 2 nitrogen and oxygen atoms in total. The molecule has 0 aliphatic carbocycles. The van der Waals surface area contributed by atoms with E-state index in [9.17, 15) is 0 Å². The van der Waals surface area contributed by atoms with Gasteiger partial charge in [0.05, 0.1) is 11.7 Å². The summed E-state index contributed by atoms with van der Waals surface area (Å²) in [6.07, 6.45) is 5.11. The van der Waals surface area contributed by atoms with Crippen LogP contribution in [-0.4, -0.2) is 11.5 Å². The molecule has 2 heteroatoms. The third kappa shape index (κ3) is 3.91. The molecule has 2 aromatic rings. The van der Waals surface area contributed by atoms with E-state index in [0.717, 1.165) is 25.8 Å². The van der Waals surface area contributed by atoms with Crippen molar-refractivity contribution in [2.24, 2.45) is 0 Å². The van der Waals surface area contributed by atoms with Crippen molar-refractivity contribution in [1.29, 1.82) is 0 Å². The Bertz CT molecular complexity index is 508. The number of hydrogen-bond acceptors (Lipinski definition) is 2. The lowest BCUT2D eigenvalue weighted by Gasteiger charge is -2.20. The number of nitrogens with one attached hydrogen (secondary N) is 1. The van der Waals surface area contributed by atoms with Crippen molar-refractivity contribution >= 4 is 0 Å². The van der Waals surface area contributed by atoms with Gasteiger partial charge in [0.15, 0.2) is 0 Å². The minimum Gasteiger partial charge on any atom is -0.309 e. The lowest BCUT2D eigenvalue weighted by Crippen LogP contribution is -2.23. The monoisotopic (exact) mass is 268 g/mol. The Morgan fingerprint density at radius 3 is 2.55 bits per heavy atom. The summed E-state index contributed by atoms with van der Waals surface area (Å²) in [6.45, 7) is 5.32. The van der Waals surface area contributed by atoms with Crippen LogP contribution in [-0.2, 0) is 12.8 Å². The van der Waals surface area contributed by atoms with E-state index in [-0.39, 0.29) is 0 Å². The van der Waals surface area contributed by atoms with E-state index in [1.165, 1.54) is 16.8 Å². The van der Waals surface area contributed by atoms with Crippen LogP contribution < -0.4 is 5.32 Å². The fraction of sp³-hybridized carbons (Fsp3) is 0.389. The predicted octanol–water partition coefficient (Wildman–Crippen LogP) is 3.93. The van der Waals surface area contributed by atoms with Gasteiger partial charge in [0.2, 0.25) is 0 Å². The molecule has 1 N–H and O–H groups in total. The van der Waals surface area contributed by atoms with Crippen LogP contribution >= 0.6 is 0 Å². The minimum absolute atomic E-state index is 0.344. The van der Waals surface area contributed by atoms with Crippen molar-refractivity contribution in [3.8, 4) is 0 Å². The second kappa shape index (κ2) is 7.81. The van der Waals surface area contributed by atoms with Gasteiger partial charge >= 0.3 is 0 Å². The summed E-state index contributed by atoms with van der Waals surface area (Å²) in [6, 6.07) is 15.2. The van der Waals surface area contributed by atoms with Crippen LogP contribution in [0.4, 0.5) is 0 Å². The van der Waals surface area contributed by atoms with Crippen LogP contribution in [0.3, 0.4) is 0 Å². The first-order chi connectivity index (χ1) is 9.85. The topological polar surface area (TPSA) is 24.9 Å². The summed E-state index contributed by atoms with van der Waals surface area (Å²) in [5, 5.41) is 3.58. The molecular weight excluding hydrogens is 244 g/mol. The average Bonchev–Trinajstić information content (AvgIpc) is 2.52. The Morgan fingerprint density at radius 2 is 1.85 bits per heavy atom. The van der Waals surface area contributed by atoms with Crippen molar-refractivity contribution in [2.75, 3.05) is 6.54 Å². The molecular formula is C18H24N2. The van der Waals surface area contributed by atoms with Gasteiger partial charge in [0, 0.05) is 6.20 Å². The highest BCUT2D eigenvalue weighted by Gasteiger charge is 2.14. The summed E-state index contributed by atoms with van der Waals surface area (Å²) in [4.78, 5) is 4.62. The van der Waals surface area contributed by atoms with Gasteiger partial charge in [-0.3, -0.25) is 4.98 Å². The van der Waals surface area contributed by atoms with E-state index >= 15 is 0 Å². The molecule has 0 amide bonds. The molecule has 1 unspecified atom stereocenters. The molecule has 106 valence electrons. The number of hydrogen-bond donors (Lipinski definition) is 1. The molecule has 0 bridgehead atoms. The molecule has 0 aliphatic rings. The van der Waals surface area contributed by atoms with Gasteiger partial charge in [-0.15, -0.1) is 0 Å². The summed E-state index contributed by atoms with van der Waals surface area (Å²) < 4.78 is 0. The third-order valence-corrected chi connectivity index (χ3v) is 3.65. The normalized spacial score (nSPS) is 12.3. The molecule has 1 heterocycles. The van der Waals surface area contributed by atoms with Gasteiger partial charge in [-0.05, 0) is 43.0 Å². The molecule has 0 aliphatic heterocycles. The highest BCUT2D eigenvalue weighted by atomic mass is 14.9. The number of rotatable bonds is 7. The zero-order valence-corrected chi connectivity index (χ0v) is 12.5. The summed E-state index contributed by atoms with van der Waals surface area (Å²) in [5.74, 6) is 0. The molecule has 20 heavy (non-hydrogen) atoms. The summed E-state index contributed by atoms with van der Waals surface area (Å²) in [7, 11) is 0. The van der Waals surface area contributed by atoms with Crippen molar-refractivity contribution in [2.45, 2.75) is 39.2 Å². The maximum Gasteiger partial charge on any atom is 0.0605 e. The standard InChI is InChI=1S/C18H24N2/c1-3-16-11-8-14-20-18(16)17(19-4-2)13-12-15-9-6-5-7-10-15/h5-11,14,17,19H,3-4,12-13H2,1-2H3. The van der Waals surface area contributed by atoms with Crippen LogP contribution in [0.5, 0.6) is 0 Å². The van der Waals surface area contributed by atoms with Gasteiger partial charge in [0.1, 0.15) is 0 Å². The highest BCUT2D eigenvalue weighted by molar-refractivity contribution is 5.23. The second-order valence-corrected chi connectivity index (χ2v) is 5.04. The Balaban J connectivity index is 2.10. The predicted molar refractivity (Wildman–Crippen MR) is 84.8 cm³/mol. The van der Waals surface area contributed by atoms with E-state index in [1.807, 2.05) is 12.3 Å². The van der Waals surface area contributed by atoms with Crippen LogP contribution in [0.15, 0.2) is 48.7 Å². The van der Waals surface area contributed by atoms with Crippen molar-refractivity contribution in [3.63, 3.8) is 0 Å². The molecule has 0 radical (unpaired) electrons. The number of nitrogens with zero attached hydrogens (tertiary/aromatic N) is 1. The smallest absolute Gasteiger partial charge is 0.0605 e. The first-order valence-corrected chi connectivity index (χ1v) is 7.56. The molecule has 1 aromatic carbocycles. The largest absolute Gasteiger partial charge is 0.309 e. The number of benzene rings is 1. The number of pyridine rings is 1. The zero-order chi connectivity index (χ0) is 14.2. The zero-order valence-electron chi connectivity index (χ0n) is 12.5. The molecule has 0 saturated heterocycles. The molecule has 0 fully saturated rings. The van der Waals surface area contributed by atoms with Crippen LogP contribution in [0, 0.1) is 0 Å². The Hall–Kier alpha value is -1.67. The summed E-state index contributed by atoms with van der Waals surface area (Å²) in [5.41, 5.74) is 3.96. The first kappa shape index (κ1) is 14.7. The molecule has 2 rings (SSSR count). The SMILES string of the molecule is CCNC(CCc1ccccc1)c1ncccc1CC. The fourth-order valence-electron chi connectivity index (χ4n) is 2.60. The van der Waals surface area contributed by atoms with Crippen LogP contribution in [0.1, 0.15) is 43.1 Å². The minimum atomic E-state index is 0.344. The quantitative estimate of drug-likeness (QED) is 0.823. The van der Waals surface area contributed by atoms with Crippen molar-refractivity contribution < 1.29 is 0 Å². The second-order valence-electron chi connectivity index (χ2n) is 5.04. The number of aryl methyl sites for hydroxylation is 2. The van der Waals surface area contributed by atoms with Crippen molar-refractivity contribution in [1.82, 2.24) is 10.3 Å². The lowest BCUT2D eigenvalue weighted by atomic mass is 9.98. The molecule has 1 atom stereocenters. The van der Waals surface area contributed by atoms with Gasteiger partial charge in [0.25, 0.3) is 0 Å². The average molecular weight is 268 g/mol. The van der Waals surface area contributed by atoms with Gasteiger partial charge in [-0.25, -0.2) is 0 Å². The molecule has 0 spiro atoms.